The van der Waals surface area contributed by atoms with Crippen LogP contribution in [0.5, 0.6) is 23.0 Å². The van der Waals surface area contributed by atoms with Crippen molar-refractivity contribution in [2.75, 3.05) is 26.9 Å². The number of ether oxygens (including phenoxy) is 4. The molecule has 196 valence electrons. The number of rotatable bonds is 8. The number of fused-ring (bicyclic) bond motifs is 2. The van der Waals surface area contributed by atoms with Gasteiger partial charge in [-0.3, -0.25) is 9.59 Å². The zero-order valence-corrected chi connectivity index (χ0v) is 20.2. The Hall–Kier alpha value is -5.00. The van der Waals surface area contributed by atoms with Gasteiger partial charge in [0.2, 0.25) is 5.43 Å². The largest absolute Gasteiger partial charge is 0.507 e. The molecule has 2 aromatic heterocycles. The van der Waals surface area contributed by atoms with Crippen molar-refractivity contribution in [1.82, 2.24) is 15.3 Å². The Kier molecular flexibility index (Phi) is 6.85. The fourth-order valence-electron chi connectivity index (χ4n) is 4.04. The molecule has 4 aromatic rings. The minimum absolute atomic E-state index is 0.0421. The first-order chi connectivity index (χ1) is 18.4. The lowest BCUT2D eigenvalue weighted by molar-refractivity contribution is -0.145. The molecule has 1 unspecified atom stereocenters. The zero-order chi connectivity index (χ0) is 26.6. The third kappa shape index (κ3) is 5.09. The van der Waals surface area contributed by atoms with Gasteiger partial charge in [-0.1, -0.05) is 6.07 Å². The van der Waals surface area contributed by atoms with Crippen molar-refractivity contribution in [1.29, 1.82) is 0 Å². The second-order valence-corrected chi connectivity index (χ2v) is 8.37. The maximum absolute atomic E-state index is 13.2. The highest BCUT2D eigenvalue weighted by molar-refractivity contribution is 5.89. The molecule has 0 saturated carbocycles. The van der Waals surface area contributed by atoms with Crippen molar-refractivity contribution < 1.29 is 38.1 Å². The second-order valence-electron chi connectivity index (χ2n) is 8.37. The van der Waals surface area contributed by atoms with Gasteiger partial charge in [-0.05, 0) is 17.7 Å². The number of aromatic nitrogens is 2. The van der Waals surface area contributed by atoms with E-state index in [2.05, 4.69) is 15.3 Å². The number of nitrogens with zero attached hydrogens (tertiary/aromatic N) is 1. The Morgan fingerprint density at radius 3 is 2.76 bits per heavy atom. The molecule has 0 bridgehead atoms. The number of phenolic OH excluding ortho intramolecular Hbond substituents is 1. The summed E-state index contributed by atoms with van der Waals surface area (Å²) in [6.45, 7) is 0.375. The molecule has 2 aromatic carbocycles. The Morgan fingerprint density at radius 1 is 1.18 bits per heavy atom. The number of aromatic hydroxyl groups is 1. The van der Waals surface area contributed by atoms with E-state index in [0.29, 0.717) is 36.0 Å². The van der Waals surface area contributed by atoms with Crippen LogP contribution in [-0.4, -0.2) is 59.9 Å². The Labute approximate surface area is 215 Å². The maximum atomic E-state index is 13.2. The number of phenols is 1. The number of carbonyl (C=O) groups is 2. The minimum atomic E-state index is -0.960. The number of nitrogens with one attached hydrogen (secondary N) is 2. The van der Waals surface area contributed by atoms with Gasteiger partial charge in [-0.2, -0.15) is 0 Å². The van der Waals surface area contributed by atoms with Gasteiger partial charge in [0.15, 0.2) is 18.1 Å². The lowest BCUT2D eigenvalue weighted by Crippen LogP contribution is -2.45. The van der Waals surface area contributed by atoms with E-state index in [1.807, 2.05) is 0 Å². The summed E-state index contributed by atoms with van der Waals surface area (Å²) in [6, 6.07) is 6.72. The monoisotopic (exact) mass is 521 g/mol. The highest BCUT2D eigenvalue weighted by Gasteiger charge is 2.23. The molecule has 38 heavy (non-hydrogen) atoms. The molecule has 0 spiro atoms. The maximum Gasteiger partial charge on any atom is 0.328 e. The van der Waals surface area contributed by atoms with Crippen LogP contribution in [0.4, 0.5) is 0 Å². The summed E-state index contributed by atoms with van der Waals surface area (Å²) in [7, 11) is 1.22. The quantitative estimate of drug-likeness (QED) is 0.292. The van der Waals surface area contributed by atoms with E-state index in [-0.39, 0.29) is 34.5 Å². The molecule has 0 radical (unpaired) electrons. The van der Waals surface area contributed by atoms with E-state index in [4.69, 9.17) is 23.4 Å². The van der Waals surface area contributed by atoms with Crippen molar-refractivity contribution in [2.45, 2.75) is 12.5 Å². The summed E-state index contributed by atoms with van der Waals surface area (Å²) in [5, 5.41) is 13.1. The van der Waals surface area contributed by atoms with Gasteiger partial charge in [-0.25, -0.2) is 9.78 Å². The summed E-state index contributed by atoms with van der Waals surface area (Å²) in [5.74, 6) is -0.431. The molecule has 12 heteroatoms. The summed E-state index contributed by atoms with van der Waals surface area (Å²) >= 11 is 0. The first-order valence-electron chi connectivity index (χ1n) is 11.6. The standard InChI is InChI=1S/C26H23N3O9/c1-34-26(33)18(7-15-10-27-13-28-15)29-23(31)12-37-16-8-19(30)24-22(9-16)38-11-17(25(24)32)14-2-3-20-21(6-14)36-5-4-35-20/h2-3,6,8-11,13,18,30H,4-5,7,12H2,1H3,(H,27,28)(H,29,31). The molecule has 1 atom stereocenters. The van der Waals surface area contributed by atoms with Crippen molar-refractivity contribution in [3.8, 4) is 34.1 Å². The fraction of sp³-hybridized carbons (Fsp3) is 0.231. The first-order valence-corrected chi connectivity index (χ1v) is 11.6. The third-order valence-electron chi connectivity index (χ3n) is 5.85. The normalized spacial score (nSPS) is 13.1. The second kappa shape index (κ2) is 10.5. The molecule has 0 fully saturated rings. The Bertz CT molecular complexity index is 1550. The summed E-state index contributed by atoms with van der Waals surface area (Å²) < 4.78 is 27.0. The van der Waals surface area contributed by atoms with Gasteiger partial charge in [0, 0.05) is 30.4 Å². The lowest BCUT2D eigenvalue weighted by Gasteiger charge is -2.18. The third-order valence-corrected chi connectivity index (χ3v) is 5.85. The number of carbonyl (C=O) groups excluding carboxylic acids is 2. The minimum Gasteiger partial charge on any atom is -0.507 e. The van der Waals surface area contributed by atoms with Crippen LogP contribution in [0.2, 0.25) is 0 Å². The van der Waals surface area contributed by atoms with Crippen LogP contribution in [0.25, 0.3) is 22.1 Å². The van der Waals surface area contributed by atoms with Crippen LogP contribution in [0, 0.1) is 0 Å². The van der Waals surface area contributed by atoms with Crippen LogP contribution in [0.3, 0.4) is 0 Å². The van der Waals surface area contributed by atoms with E-state index in [9.17, 15) is 19.5 Å². The molecular weight excluding hydrogens is 498 g/mol. The average Bonchev–Trinajstić information content (AvgIpc) is 3.44. The number of imidazole rings is 1. The molecule has 1 aliphatic rings. The van der Waals surface area contributed by atoms with Crippen molar-refractivity contribution in [2.24, 2.45) is 0 Å². The van der Waals surface area contributed by atoms with Gasteiger partial charge in [0.25, 0.3) is 5.91 Å². The first kappa shape index (κ1) is 24.7. The molecule has 1 amide bonds. The van der Waals surface area contributed by atoms with Gasteiger partial charge in [0.05, 0.1) is 19.0 Å². The van der Waals surface area contributed by atoms with Gasteiger partial charge < -0.3 is 38.8 Å². The van der Waals surface area contributed by atoms with Crippen LogP contribution >= 0.6 is 0 Å². The molecule has 0 saturated heterocycles. The number of H-pyrrole nitrogens is 1. The van der Waals surface area contributed by atoms with Crippen molar-refractivity contribution in [3.05, 3.63) is 65.0 Å². The molecule has 12 nitrogen and oxygen atoms in total. The van der Waals surface area contributed by atoms with Crippen molar-refractivity contribution in [3.63, 3.8) is 0 Å². The molecule has 3 N–H and O–H groups in total. The fourth-order valence-corrected chi connectivity index (χ4v) is 4.04. The van der Waals surface area contributed by atoms with Gasteiger partial charge in [-0.15, -0.1) is 0 Å². The van der Waals surface area contributed by atoms with E-state index < -0.39 is 30.0 Å². The van der Waals surface area contributed by atoms with Crippen LogP contribution < -0.4 is 25.0 Å². The van der Waals surface area contributed by atoms with E-state index in [1.165, 1.54) is 38.0 Å². The topological polar surface area (TPSA) is 162 Å². The summed E-state index contributed by atoms with van der Waals surface area (Å²) in [6.07, 6.45) is 4.41. The summed E-state index contributed by atoms with van der Waals surface area (Å²) in [4.78, 5) is 44.5. The molecule has 5 rings (SSSR count). The van der Waals surface area contributed by atoms with Gasteiger partial charge >= 0.3 is 5.97 Å². The van der Waals surface area contributed by atoms with E-state index in [0.717, 1.165) is 0 Å². The highest BCUT2D eigenvalue weighted by Crippen LogP contribution is 2.35. The molecule has 1 aliphatic heterocycles. The zero-order valence-electron chi connectivity index (χ0n) is 20.2. The number of esters is 1. The number of benzene rings is 2. The Balaban J connectivity index is 1.31. The number of hydrogen-bond acceptors (Lipinski definition) is 10. The smallest absolute Gasteiger partial charge is 0.328 e. The van der Waals surface area contributed by atoms with Crippen LogP contribution in [0.1, 0.15) is 5.69 Å². The number of methoxy groups -OCH3 is 1. The average molecular weight is 521 g/mol. The number of amides is 1. The van der Waals surface area contributed by atoms with Crippen molar-refractivity contribution >= 4 is 22.8 Å². The summed E-state index contributed by atoms with van der Waals surface area (Å²) in [5.41, 5.74) is 1.01. The predicted molar refractivity (Wildman–Crippen MR) is 132 cm³/mol. The van der Waals surface area contributed by atoms with Crippen LogP contribution in [-0.2, 0) is 20.7 Å². The predicted octanol–water partition coefficient (Wildman–Crippen LogP) is 1.94. The molecule has 0 aliphatic carbocycles. The van der Waals surface area contributed by atoms with Gasteiger partial charge in [0.1, 0.15) is 48.0 Å². The Morgan fingerprint density at radius 2 is 2.00 bits per heavy atom. The number of hydrogen-bond donors (Lipinski definition) is 3. The van der Waals surface area contributed by atoms with E-state index in [1.54, 1.807) is 18.2 Å². The van der Waals surface area contributed by atoms with Crippen LogP contribution in [0.15, 0.2) is 58.3 Å². The highest BCUT2D eigenvalue weighted by atomic mass is 16.6. The van der Waals surface area contributed by atoms with E-state index >= 15 is 0 Å². The lowest BCUT2D eigenvalue weighted by atomic mass is 10.0. The molecule has 3 heterocycles. The SMILES string of the molecule is COC(=O)C(Cc1cnc[nH]1)NC(=O)COc1cc(O)c2c(=O)c(-c3ccc4c(c3)OCCO4)coc2c1. The molecular formula is C26H23N3O9. The number of aromatic amines is 1.